The minimum absolute atomic E-state index is 0.0125. The SMILES string of the molecule is CCN(CC)c1cccc(/C=C/C(=O)/C=C/c2cccc(N(CC)CC)c2)c1. The molecule has 0 saturated heterocycles. The second-order valence-corrected chi connectivity index (χ2v) is 6.60. The molecule has 3 nitrogen and oxygen atoms in total. The molecule has 3 heteroatoms. The molecule has 0 aliphatic rings. The third-order valence-electron chi connectivity index (χ3n) is 4.88. The van der Waals surface area contributed by atoms with Crippen molar-refractivity contribution in [2.45, 2.75) is 27.7 Å². The van der Waals surface area contributed by atoms with Crippen LogP contribution in [0.3, 0.4) is 0 Å². The zero-order chi connectivity index (χ0) is 20.4. The zero-order valence-corrected chi connectivity index (χ0v) is 17.6. The molecule has 0 radical (unpaired) electrons. The Bertz CT molecular complexity index is 747. The smallest absolute Gasteiger partial charge is 0.178 e. The van der Waals surface area contributed by atoms with Crippen molar-refractivity contribution in [1.29, 1.82) is 0 Å². The molecule has 0 amide bonds. The van der Waals surface area contributed by atoms with Crippen LogP contribution in [-0.2, 0) is 4.79 Å². The minimum atomic E-state index is -0.0125. The van der Waals surface area contributed by atoms with Gasteiger partial charge in [-0.15, -0.1) is 0 Å². The number of hydrogen-bond acceptors (Lipinski definition) is 3. The van der Waals surface area contributed by atoms with E-state index in [4.69, 9.17) is 0 Å². The van der Waals surface area contributed by atoms with Crippen molar-refractivity contribution in [2.75, 3.05) is 36.0 Å². The molecule has 0 aliphatic heterocycles. The van der Waals surface area contributed by atoms with Gasteiger partial charge in [0.2, 0.25) is 0 Å². The van der Waals surface area contributed by atoms with E-state index in [1.807, 2.05) is 36.4 Å². The van der Waals surface area contributed by atoms with E-state index in [1.165, 1.54) is 11.4 Å². The number of carbonyl (C=O) groups excluding carboxylic acids is 1. The van der Waals surface area contributed by atoms with Crippen LogP contribution in [0.4, 0.5) is 11.4 Å². The number of carbonyl (C=O) groups is 1. The Morgan fingerprint density at radius 1 is 0.714 bits per heavy atom. The van der Waals surface area contributed by atoms with Gasteiger partial charge < -0.3 is 9.80 Å². The number of nitrogens with zero attached hydrogens (tertiary/aromatic N) is 2. The molecule has 28 heavy (non-hydrogen) atoms. The summed E-state index contributed by atoms with van der Waals surface area (Å²) in [6, 6.07) is 16.6. The summed E-state index contributed by atoms with van der Waals surface area (Å²) in [4.78, 5) is 16.8. The van der Waals surface area contributed by atoms with E-state index in [0.29, 0.717) is 0 Å². The summed E-state index contributed by atoms with van der Waals surface area (Å²) in [5, 5.41) is 0. The lowest BCUT2D eigenvalue weighted by molar-refractivity contribution is -0.110. The fourth-order valence-corrected chi connectivity index (χ4v) is 3.24. The molecule has 0 unspecified atom stereocenters. The molecule has 0 aliphatic carbocycles. The maximum atomic E-state index is 12.3. The normalized spacial score (nSPS) is 11.3. The number of anilines is 2. The lowest BCUT2D eigenvalue weighted by Gasteiger charge is -2.21. The van der Waals surface area contributed by atoms with Crippen LogP contribution >= 0.6 is 0 Å². The number of benzene rings is 2. The Hall–Kier alpha value is -2.81. The second-order valence-electron chi connectivity index (χ2n) is 6.60. The molecule has 2 rings (SSSR count). The monoisotopic (exact) mass is 376 g/mol. The number of hydrogen-bond donors (Lipinski definition) is 0. The maximum Gasteiger partial charge on any atom is 0.178 e. The van der Waals surface area contributed by atoms with E-state index in [9.17, 15) is 4.79 Å². The molecular weight excluding hydrogens is 344 g/mol. The molecule has 0 atom stereocenters. The minimum Gasteiger partial charge on any atom is -0.372 e. The quantitative estimate of drug-likeness (QED) is 0.499. The van der Waals surface area contributed by atoms with Gasteiger partial charge in [-0.3, -0.25) is 4.79 Å². The van der Waals surface area contributed by atoms with E-state index in [0.717, 1.165) is 37.3 Å². The molecule has 0 saturated carbocycles. The van der Waals surface area contributed by atoms with E-state index in [2.05, 4.69) is 61.8 Å². The Morgan fingerprint density at radius 3 is 1.46 bits per heavy atom. The average molecular weight is 377 g/mol. The first kappa shape index (κ1) is 21.5. The van der Waals surface area contributed by atoms with Crippen LogP contribution in [0.2, 0.25) is 0 Å². The molecule has 148 valence electrons. The van der Waals surface area contributed by atoms with E-state index in [-0.39, 0.29) is 5.78 Å². The molecular formula is C25H32N2O. The highest BCUT2D eigenvalue weighted by atomic mass is 16.1. The molecule has 0 bridgehead atoms. The molecule has 0 N–H and O–H groups in total. The molecule has 0 spiro atoms. The summed E-state index contributed by atoms with van der Waals surface area (Å²) in [6.45, 7) is 12.5. The van der Waals surface area contributed by atoms with Crippen molar-refractivity contribution < 1.29 is 4.79 Å². The lowest BCUT2D eigenvalue weighted by atomic mass is 10.1. The number of rotatable bonds is 10. The summed E-state index contributed by atoms with van der Waals surface area (Å²) in [5.74, 6) is -0.0125. The molecule has 0 aromatic heterocycles. The summed E-state index contributed by atoms with van der Waals surface area (Å²) in [7, 11) is 0. The molecule has 2 aromatic carbocycles. The first-order valence-corrected chi connectivity index (χ1v) is 10.2. The highest BCUT2D eigenvalue weighted by Gasteiger charge is 2.02. The Morgan fingerprint density at radius 2 is 1.11 bits per heavy atom. The first-order valence-electron chi connectivity index (χ1n) is 10.2. The van der Waals surface area contributed by atoms with Crippen molar-refractivity contribution in [3.63, 3.8) is 0 Å². The van der Waals surface area contributed by atoms with Crippen LogP contribution in [-0.4, -0.2) is 32.0 Å². The third kappa shape index (κ3) is 6.12. The van der Waals surface area contributed by atoms with Gasteiger partial charge in [0.15, 0.2) is 5.78 Å². The lowest BCUT2D eigenvalue weighted by Crippen LogP contribution is -2.21. The summed E-state index contributed by atoms with van der Waals surface area (Å²) < 4.78 is 0. The second kappa shape index (κ2) is 11.1. The van der Waals surface area contributed by atoms with Gasteiger partial charge in [-0.2, -0.15) is 0 Å². The van der Waals surface area contributed by atoms with E-state index >= 15 is 0 Å². The predicted molar refractivity (Wildman–Crippen MR) is 123 cm³/mol. The van der Waals surface area contributed by atoms with Crippen LogP contribution in [0.1, 0.15) is 38.8 Å². The predicted octanol–water partition coefficient (Wildman–Crippen LogP) is 5.67. The van der Waals surface area contributed by atoms with Crippen LogP contribution < -0.4 is 9.80 Å². The number of ketones is 1. The van der Waals surface area contributed by atoms with E-state index < -0.39 is 0 Å². The summed E-state index contributed by atoms with van der Waals surface area (Å²) >= 11 is 0. The van der Waals surface area contributed by atoms with Gasteiger partial charge in [0.05, 0.1) is 0 Å². The van der Waals surface area contributed by atoms with Gasteiger partial charge in [-0.1, -0.05) is 36.4 Å². The van der Waals surface area contributed by atoms with Crippen LogP contribution in [0.15, 0.2) is 60.7 Å². The zero-order valence-electron chi connectivity index (χ0n) is 17.6. The van der Waals surface area contributed by atoms with Crippen molar-refractivity contribution in [1.82, 2.24) is 0 Å². The van der Waals surface area contributed by atoms with Gasteiger partial charge in [0, 0.05) is 37.6 Å². The average Bonchev–Trinajstić information content (AvgIpc) is 2.73. The van der Waals surface area contributed by atoms with Crippen molar-refractivity contribution in [3.8, 4) is 0 Å². The Kier molecular flexibility index (Phi) is 8.54. The van der Waals surface area contributed by atoms with Crippen molar-refractivity contribution in [2.24, 2.45) is 0 Å². The standard InChI is InChI=1S/C25H32N2O/c1-5-26(6-2)23-13-9-11-21(19-23)15-17-25(28)18-16-22-12-10-14-24(20-22)27(7-3)8-4/h9-20H,5-8H2,1-4H3/b17-15+,18-16+. The maximum absolute atomic E-state index is 12.3. The Labute approximate surface area is 170 Å². The topological polar surface area (TPSA) is 23.6 Å². The Balaban J connectivity index is 2.06. The fraction of sp³-hybridized carbons (Fsp3) is 0.320. The summed E-state index contributed by atoms with van der Waals surface area (Å²) in [6.07, 6.45) is 7.02. The summed E-state index contributed by atoms with van der Waals surface area (Å²) in [5.41, 5.74) is 4.44. The number of allylic oxidation sites excluding steroid dienone is 2. The van der Waals surface area contributed by atoms with Crippen molar-refractivity contribution >= 4 is 29.3 Å². The van der Waals surface area contributed by atoms with Gasteiger partial charge in [-0.05, 0) is 75.2 Å². The molecule has 2 aromatic rings. The van der Waals surface area contributed by atoms with Crippen LogP contribution in [0, 0.1) is 0 Å². The van der Waals surface area contributed by atoms with Gasteiger partial charge >= 0.3 is 0 Å². The largest absolute Gasteiger partial charge is 0.372 e. The highest BCUT2D eigenvalue weighted by molar-refractivity contribution is 6.04. The van der Waals surface area contributed by atoms with Crippen molar-refractivity contribution in [3.05, 3.63) is 71.8 Å². The fourth-order valence-electron chi connectivity index (χ4n) is 3.24. The van der Waals surface area contributed by atoms with Crippen LogP contribution in [0.25, 0.3) is 12.2 Å². The third-order valence-corrected chi connectivity index (χ3v) is 4.88. The highest BCUT2D eigenvalue weighted by Crippen LogP contribution is 2.18. The first-order chi connectivity index (χ1) is 13.6. The molecule has 0 heterocycles. The van der Waals surface area contributed by atoms with Gasteiger partial charge in [0.25, 0.3) is 0 Å². The van der Waals surface area contributed by atoms with Gasteiger partial charge in [-0.25, -0.2) is 0 Å². The van der Waals surface area contributed by atoms with Gasteiger partial charge in [0.1, 0.15) is 0 Å². The van der Waals surface area contributed by atoms with Crippen LogP contribution in [0.5, 0.6) is 0 Å². The van der Waals surface area contributed by atoms with E-state index in [1.54, 1.807) is 12.2 Å². The molecule has 0 fully saturated rings.